The van der Waals surface area contributed by atoms with E-state index in [1.54, 1.807) is 0 Å². The third kappa shape index (κ3) is 1.60. The first kappa shape index (κ1) is 10.6. The summed E-state index contributed by atoms with van der Waals surface area (Å²) in [7, 11) is 0. The van der Waals surface area contributed by atoms with Gasteiger partial charge in [-0.05, 0) is 44.0 Å². The third-order valence-electron chi connectivity index (χ3n) is 4.04. The Hall–Kier alpha value is -1.53. The van der Waals surface area contributed by atoms with Crippen molar-refractivity contribution >= 4 is 5.69 Å². The molecule has 17 heavy (non-hydrogen) atoms. The van der Waals surface area contributed by atoms with Crippen molar-refractivity contribution in [3.63, 3.8) is 0 Å². The summed E-state index contributed by atoms with van der Waals surface area (Å²) in [5, 5.41) is 13.0. The number of hydrogen-bond donors (Lipinski definition) is 1. The lowest BCUT2D eigenvalue weighted by Crippen LogP contribution is -2.53. The number of rotatable bonds is 1. The summed E-state index contributed by atoms with van der Waals surface area (Å²) in [5.74, 6) is 0. The van der Waals surface area contributed by atoms with Crippen LogP contribution < -0.4 is 10.2 Å². The van der Waals surface area contributed by atoms with Crippen LogP contribution in [0.1, 0.15) is 18.4 Å². The normalized spacial score (nSPS) is 21.9. The SMILES string of the molecule is N#CC1(N2CCc3ccccc32)CCNCC1. The Morgan fingerprint density at radius 3 is 2.76 bits per heavy atom. The molecule has 3 rings (SSSR count). The van der Waals surface area contributed by atoms with Crippen molar-refractivity contribution in [3.05, 3.63) is 29.8 Å². The Morgan fingerprint density at radius 1 is 1.24 bits per heavy atom. The standard InChI is InChI=1S/C14H17N3/c15-11-14(6-8-16-9-7-14)17-10-5-12-3-1-2-4-13(12)17/h1-4,16H,5-10H2. The molecule has 1 aromatic rings. The molecule has 1 aromatic carbocycles. The summed E-state index contributed by atoms with van der Waals surface area (Å²) >= 11 is 0. The van der Waals surface area contributed by atoms with Gasteiger partial charge in [0.15, 0.2) is 0 Å². The predicted octanol–water partition coefficient (Wildman–Crippen LogP) is 1.69. The fourth-order valence-corrected chi connectivity index (χ4v) is 3.07. The lowest BCUT2D eigenvalue weighted by molar-refractivity contribution is 0.361. The predicted molar refractivity (Wildman–Crippen MR) is 67.9 cm³/mol. The van der Waals surface area contributed by atoms with Gasteiger partial charge in [0.1, 0.15) is 5.54 Å². The molecule has 0 radical (unpaired) electrons. The number of anilines is 1. The largest absolute Gasteiger partial charge is 0.353 e. The highest BCUT2D eigenvalue weighted by molar-refractivity contribution is 5.61. The van der Waals surface area contributed by atoms with Crippen molar-refractivity contribution < 1.29 is 0 Å². The van der Waals surface area contributed by atoms with E-state index in [9.17, 15) is 5.26 Å². The van der Waals surface area contributed by atoms with E-state index in [0.29, 0.717) is 0 Å². The number of nitriles is 1. The molecule has 2 heterocycles. The van der Waals surface area contributed by atoms with Crippen molar-refractivity contribution in [2.75, 3.05) is 24.5 Å². The van der Waals surface area contributed by atoms with Gasteiger partial charge in [0.05, 0.1) is 6.07 Å². The summed E-state index contributed by atoms with van der Waals surface area (Å²) in [5.41, 5.74) is 2.38. The van der Waals surface area contributed by atoms with Crippen LogP contribution in [-0.4, -0.2) is 25.2 Å². The molecule has 1 N–H and O–H groups in total. The monoisotopic (exact) mass is 227 g/mol. The molecule has 0 bridgehead atoms. The first-order valence-electron chi connectivity index (χ1n) is 6.33. The molecule has 3 nitrogen and oxygen atoms in total. The van der Waals surface area contributed by atoms with E-state index in [0.717, 1.165) is 38.9 Å². The smallest absolute Gasteiger partial charge is 0.130 e. The summed E-state index contributed by atoms with van der Waals surface area (Å²) in [4.78, 5) is 2.34. The van der Waals surface area contributed by atoms with Crippen LogP contribution in [0.3, 0.4) is 0 Å². The summed E-state index contributed by atoms with van der Waals surface area (Å²) < 4.78 is 0. The second-order valence-electron chi connectivity index (χ2n) is 4.92. The maximum absolute atomic E-state index is 9.61. The van der Waals surface area contributed by atoms with Gasteiger partial charge in [-0.2, -0.15) is 5.26 Å². The van der Waals surface area contributed by atoms with Gasteiger partial charge in [-0.1, -0.05) is 18.2 Å². The summed E-state index contributed by atoms with van der Waals surface area (Å²) in [6.07, 6.45) is 2.93. The van der Waals surface area contributed by atoms with Crippen LogP contribution in [0.5, 0.6) is 0 Å². The van der Waals surface area contributed by atoms with E-state index < -0.39 is 0 Å². The van der Waals surface area contributed by atoms with Gasteiger partial charge in [-0.25, -0.2) is 0 Å². The zero-order valence-electron chi connectivity index (χ0n) is 9.95. The Morgan fingerprint density at radius 2 is 2.00 bits per heavy atom. The van der Waals surface area contributed by atoms with Crippen molar-refractivity contribution in [2.24, 2.45) is 0 Å². The summed E-state index contributed by atoms with van der Waals surface area (Å²) in [6, 6.07) is 11.1. The van der Waals surface area contributed by atoms with Crippen LogP contribution in [0.4, 0.5) is 5.69 Å². The van der Waals surface area contributed by atoms with Crippen molar-refractivity contribution in [2.45, 2.75) is 24.8 Å². The van der Waals surface area contributed by atoms with Gasteiger partial charge in [-0.15, -0.1) is 0 Å². The molecular formula is C14H17N3. The average molecular weight is 227 g/mol. The quantitative estimate of drug-likeness (QED) is 0.793. The number of piperidine rings is 1. The van der Waals surface area contributed by atoms with Crippen molar-refractivity contribution in [3.8, 4) is 6.07 Å². The van der Waals surface area contributed by atoms with E-state index in [1.807, 2.05) is 0 Å². The van der Waals surface area contributed by atoms with Crippen molar-refractivity contribution in [1.82, 2.24) is 5.32 Å². The van der Waals surface area contributed by atoms with E-state index in [-0.39, 0.29) is 5.54 Å². The molecule has 0 atom stereocenters. The Bertz CT molecular complexity index is 455. The number of para-hydroxylation sites is 1. The number of nitrogens with one attached hydrogen (secondary N) is 1. The fraction of sp³-hybridized carbons (Fsp3) is 0.500. The Balaban J connectivity index is 1.97. The number of hydrogen-bond acceptors (Lipinski definition) is 3. The molecule has 0 aliphatic carbocycles. The van der Waals surface area contributed by atoms with E-state index in [1.165, 1.54) is 11.3 Å². The highest BCUT2D eigenvalue weighted by atomic mass is 15.2. The molecule has 2 aliphatic rings. The summed E-state index contributed by atoms with van der Waals surface area (Å²) in [6.45, 7) is 2.89. The lowest BCUT2D eigenvalue weighted by atomic mass is 9.88. The molecule has 1 saturated heterocycles. The molecule has 2 aliphatic heterocycles. The Labute approximate surface area is 102 Å². The molecular weight excluding hydrogens is 210 g/mol. The van der Waals surface area contributed by atoms with Crippen LogP contribution in [0.25, 0.3) is 0 Å². The van der Waals surface area contributed by atoms with Gasteiger partial charge >= 0.3 is 0 Å². The van der Waals surface area contributed by atoms with Gasteiger partial charge in [0.2, 0.25) is 0 Å². The molecule has 0 unspecified atom stereocenters. The second kappa shape index (κ2) is 4.05. The number of fused-ring (bicyclic) bond motifs is 1. The first-order valence-corrected chi connectivity index (χ1v) is 6.33. The molecule has 1 fully saturated rings. The maximum Gasteiger partial charge on any atom is 0.130 e. The van der Waals surface area contributed by atoms with Crippen LogP contribution in [0.15, 0.2) is 24.3 Å². The maximum atomic E-state index is 9.61. The van der Waals surface area contributed by atoms with Crippen LogP contribution >= 0.6 is 0 Å². The minimum absolute atomic E-state index is 0.280. The lowest BCUT2D eigenvalue weighted by Gasteiger charge is -2.41. The number of nitrogens with zero attached hydrogens (tertiary/aromatic N) is 2. The van der Waals surface area contributed by atoms with Crippen LogP contribution in [0.2, 0.25) is 0 Å². The van der Waals surface area contributed by atoms with E-state index in [2.05, 4.69) is 40.6 Å². The minimum Gasteiger partial charge on any atom is -0.353 e. The molecule has 0 aromatic heterocycles. The molecule has 0 spiro atoms. The molecule has 0 saturated carbocycles. The zero-order valence-corrected chi connectivity index (χ0v) is 9.95. The van der Waals surface area contributed by atoms with E-state index >= 15 is 0 Å². The van der Waals surface area contributed by atoms with Crippen LogP contribution in [-0.2, 0) is 6.42 Å². The third-order valence-corrected chi connectivity index (χ3v) is 4.04. The number of benzene rings is 1. The van der Waals surface area contributed by atoms with E-state index in [4.69, 9.17) is 0 Å². The van der Waals surface area contributed by atoms with Gasteiger partial charge in [0, 0.05) is 12.2 Å². The first-order chi connectivity index (χ1) is 8.36. The average Bonchev–Trinajstić information content (AvgIpc) is 2.84. The highest BCUT2D eigenvalue weighted by Gasteiger charge is 2.40. The topological polar surface area (TPSA) is 39.1 Å². The minimum atomic E-state index is -0.280. The van der Waals surface area contributed by atoms with Gasteiger partial charge < -0.3 is 10.2 Å². The highest BCUT2D eigenvalue weighted by Crippen LogP contribution is 2.37. The molecule has 88 valence electrons. The molecule has 3 heteroatoms. The second-order valence-corrected chi connectivity index (χ2v) is 4.92. The Kier molecular flexibility index (Phi) is 2.53. The van der Waals surface area contributed by atoms with Gasteiger partial charge in [0.25, 0.3) is 0 Å². The van der Waals surface area contributed by atoms with Crippen molar-refractivity contribution in [1.29, 1.82) is 5.26 Å². The zero-order chi connectivity index (χ0) is 11.7. The van der Waals surface area contributed by atoms with Crippen LogP contribution in [0, 0.1) is 11.3 Å². The fourth-order valence-electron chi connectivity index (χ4n) is 3.07. The molecule has 0 amide bonds. The van der Waals surface area contributed by atoms with Gasteiger partial charge in [-0.3, -0.25) is 0 Å².